The van der Waals surface area contributed by atoms with Crippen LogP contribution in [0.5, 0.6) is 5.75 Å². The highest BCUT2D eigenvalue weighted by Gasteiger charge is 2.07. The van der Waals surface area contributed by atoms with Crippen molar-refractivity contribution in [1.29, 1.82) is 0 Å². The van der Waals surface area contributed by atoms with Crippen molar-refractivity contribution in [3.8, 4) is 5.75 Å². The van der Waals surface area contributed by atoms with E-state index in [0.717, 1.165) is 0 Å². The van der Waals surface area contributed by atoms with E-state index in [1.54, 1.807) is 19.1 Å². The molecule has 17 heavy (non-hydrogen) atoms. The third kappa shape index (κ3) is 5.14. The molecule has 0 atom stereocenters. The van der Waals surface area contributed by atoms with Crippen molar-refractivity contribution < 1.29 is 17.5 Å². The van der Waals surface area contributed by atoms with Gasteiger partial charge in [0.05, 0.1) is 5.75 Å². The zero-order chi connectivity index (χ0) is 12.7. The van der Waals surface area contributed by atoms with Gasteiger partial charge in [-0.2, -0.15) is 0 Å². The summed E-state index contributed by atoms with van der Waals surface area (Å²) in [6.45, 7) is 2.02. The molecule has 0 amide bonds. The molecule has 0 unspecified atom stereocenters. The normalized spacial score (nSPS) is 11.4. The van der Waals surface area contributed by atoms with Crippen LogP contribution in [0.15, 0.2) is 24.3 Å². The summed E-state index contributed by atoms with van der Waals surface area (Å²) in [6.07, 6.45) is 0.559. The Balaban J connectivity index is 2.32. The molecular formula is C11H16FNO3S. The molecule has 4 nitrogen and oxygen atoms in total. The highest BCUT2D eigenvalue weighted by Crippen LogP contribution is 2.14. The SMILES string of the molecule is CCCS(=O)(=O)NCCOc1ccccc1F. The number of para-hydroxylation sites is 1. The largest absolute Gasteiger partial charge is 0.489 e. The van der Waals surface area contributed by atoms with Crippen molar-refractivity contribution in [3.63, 3.8) is 0 Å². The monoisotopic (exact) mass is 261 g/mol. The van der Waals surface area contributed by atoms with Gasteiger partial charge in [-0.05, 0) is 18.6 Å². The third-order valence-electron chi connectivity index (χ3n) is 1.99. The van der Waals surface area contributed by atoms with E-state index in [-0.39, 0.29) is 24.7 Å². The van der Waals surface area contributed by atoms with Gasteiger partial charge in [-0.3, -0.25) is 0 Å². The predicted octanol–water partition coefficient (Wildman–Crippen LogP) is 1.53. The summed E-state index contributed by atoms with van der Waals surface area (Å²) in [5.74, 6) is -0.238. The lowest BCUT2D eigenvalue weighted by atomic mass is 10.3. The lowest BCUT2D eigenvalue weighted by Crippen LogP contribution is -2.30. The summed E-state index contributed by atoms with van der Waals surface area (Å²) in [5, 5.41) is 0. The summed E-state index contributed by atoms with van der Waals surface area (Å²) in [4.78, 5) is 0. The molecule has 0 aliphatic heterocycles. The Hall–Kier alpha value is -1.14. The van der Waals surface area contributed by atoms with Crippen LogP contribution in [0.3, 0.4) is 0 Å². The molecule has 0 fully saturated rings. The second-order valence-electron chi connectivity index (χ2n) is 3.49. The number of sulfonamides is 1. The minimum Gasteiger partial charge on any atom is -0.489 e. The van der Waals surface area contributed by atoms with E-state index in [9.17, 15) is 12.8 Å². The number of rotatable bonds is 7. The van der Waals surface area contributed by atoms with E-state index in [4.69, 9.17) is 4.74 Å². The minimum absolute atomic E-state index is 0.0900. The first-order chi connectivity index (χ1) is 8.05. The Morgan fingerprint density at radius 1 is 1.35 bits per heavy atom. The van der Waals surface area contributed by atoms with Gasteiger partial charge in [0.2, 0.25) is 10.0 Å². The lowest BCUT2D eigenvalue weighted by molar-refractivity contribution is 0.306. The lowest BCUT2D eigenvalue weighted by Gasteiger charge is -2.08. The molecule has 0 heterocycles. The maximum atomic E-state index is 13.1. The zero-order valence-corrected chi connectivity index (χ0v) is 10.5. The van der Waals surface area contributed by atoms with Gasteiger partial charge in [0.15, 0.2) is 11.6 Å². The molecule has 1 aromatic carbocycles. The quantitative estimate of drug-likeness (QED) is 0.757. The van der Waals surface area contributed by atoms with Crippen molar-refractivity contribution in [1.82, 2.24) is 4.72 Å². The molecule has 0 bridgehead atoms. The van der Waals surface area contributed by atoms with Gasteiger partial charge >= 0.3 is 0 Å². The smallest absolute Gasteiger partial charge is 0.211 e. The molecule has 0 aromatic heterocycles. The van der Waals surface area contributed by atoms with E-state index < -0.39 is 15.8 Å². The highest BCUT2D eigenvalue weighted by atomic mass is 32.2. The van der Waals surface area contributed by atoms with Gasteiger partial charge in [-0.1, -0.05) is 19.1 Å². The first kappa shape index (κ1) is 13.9. The Morgan fingerprint density at radius 3 is 2.71 bits per heavy atom. The molecule has 0 saturated carbocycles. The van der Waals surface area contributed by atoms with Gasteiger partial charge in [0, 0.05) is 6.54 Å². The van der Waals surface area contributed by atoms with Crippen LogP contribution >= 0.6 is 0 Å². The molecule has 96 valence electrons. The predicted molar refractivity (Wildman–Crippen MR) is 64.0 cm³/mol. The standard InChI is InChI=1S/C11H16FNO3S/c1-2-9-17(14,15)13-7-8-16-11-6-4-3-5-10(11)12/h3-6,13H,2,7-9H2,1H3. The zero-order valence-electron chi connectivity index (χ0n) is 9.65. The van der Waals surface area contributed by atoms with E-state index in [1.165, 1.54) is 12.1 Å². The summed E-state index contributed by atoms with van der Waals surface area (Å²) in [5.41, 5.74) is 0. The highest BCUT2D eigenvalue weighted by molar-refractivity contribution is 7.89. The Bertz CT molecular complexity index is 448. The van der Waals surface area contributed by atoms with Crippen molar-refractivity contribution in [3.05, 3.63) is 30.1 Å². The van der Waals surface area contributed by atoms with Gasteiger partial charge in [-0.25, -0.2) is 17.5 Å². The second-order valence-corrected chi connectivity index (χ2v) is 5.42. The molecule has 0 radical (unpaired) electrons. The van der Waals surface area contributed by atoms with Gasteiger partial charge in [-0.15, -0.1) is 0 Å². The Morgan fingerprint density at radius 2 is 2.06 bits per heavy atom. The van der Waals surface area contributed by atoms with Crippen molar-refractivity contribution >= 4 is 10.0 Å². The van der Waals surface area contributed by atoms with Crippen LogP contribution in [-0.2, 0) is 10.0 Å². The second kappa shape index (κ2) is 6.56. The van der Waals surface area contributed by atoms with Crippen LogP contribution in [0.25, 0.3) is 0 Å². The number of nitrogens with one attached hydrogen (secondary N) is 1. The van der Waals surface area contributed by atoms with Gasteiger partial charge in [0.1, 0.15) is 6.61 Å². The summed E-state index contributed by atoms with van der Waals surface area (Å²) < 4.78 is 43.1. The average Bonchev–Trinajstić information content (AvgIpc) is 2.26. The first-order valence-corrected chi connectivity index (χ1v) is 7.05. The van der Waals surface area contributed by atoms with Crippen LogP contribution in [0, 0.1) is 5.82 Å². The number of ether oxygens (including phenoxy) is 1. The molecule has 1 aromatic rings. The molecule has 1 rings (SSSR count). The molecule has 0 aliphatic rings. The third-order valence-corrected chi connectivity index (χ3v) is 3.58. The van der Waals surface area contributed by atoms with Crippen molar-refractivity contribution in [2.75, 3.05) is 18.9 Å². The summed E-state index contributed by atoms with van der Waals surface area (Å²) >= 11 is 0. The van der Waals surface area contributed by atoms with Gasteiger partial charge < -0.3 is 4.74 Å². The van der Waals surface area contributed by atoms with E-state index in [2.05, 4.69) is 4.72 Å². The topological polar surface area (TPSA) is 55.4 Å². The van der Waals surface area contributed by atoms with E-state index in [1.807, 2.05) is 0 Å². The molecule has 0 aliphatic carbocycles. The fourth-order valence-electron chi connectivity index (χ4n) is 1.26. The number of benzene rings is 1. The fraction of sp³-hybridized carbons (Fsp3) is 0.455. The maximum Gasteiger partial charge on any atom is 0.211 e. The molecule has 6 heteroatoms. The van der Waals surface area contributed by atoms with Gasteiger partial charge in [0.25, 0.3) is 0 Å². The minimum atomic E-state index is -3.22. The molecule has 1 N–H and O–H groups in total. The number of halogens is 1. The van der Waals surface area contributed by atoms with E-state index >= 15 is 0 Å². The average molecular weight is 261 g/mol. The molecule has 0 spiro atoms. The van der Waals surface area contributed by atoms with Crippen molar-refractivity contribution in [2.45, 2.75) is 13.3 Å². The Kier molecular flexibility index (Phi) is 5.37. The number of hydrogen-bond acceptors (Lipinski definition) is 3. The number of hydrogen-bond donors (Lipinski definition) is 1. The van der Waals surface area contributed by atoms with Crippen molar-refractivity contribution in [2.24, 2.45) is 0 Å². The Labute approximate surface area is 101 Å². The maximum absolute atomic E-state index is 13.1. The fourth-order valence-corrected chi connectivity index (χ4v) is 2.34. The molecule has 0 saturated heterocycles. The van der Waals surface area contributed by atoms with Crippen LogP contribution in [0.1, 0.15) is 13.3 Å². The van der Waals surface area contributed by atoms with Crippen LogP contribution < -0.4 is 9.46 Å². The van der Waals surface area contributed by atoms with Crippen LogP contribution in [0.4, 0.5) is 4.39 Å². The van der Waals surface area contributed by atoms with E-state index in [0.29, 0.717) is 6.42 Å². The van der Waals surface area contributed by atoms with Crippen LogP contribution in [0.2, 0.25) is 0 Å². The summed E-state index contributed by atoms with van der Waals surface area (Å²) in [7, 11) is -3.22. The van der Waals surface area contributed by atoms with Crippen LogP contribution in [-0.4, -0.2) is 27.3 Å². The molecular weight excluding hydrogens is 245 g/mol. The first-order valence-electron chi connectivity index (χ1n) is 5.40. The summed E-state index contributed by atoms with van der Waals surface area (Å²) in [6, 6.07) is 6.00.